The van der Waals surface area contributed by atoms with Gasteiger partial charge in [-0.05, 0) is 49.2 Å². The quantitative estimate of drug-likeness (QED) is 0.617. The van der Waals surface area contributed by atoms with Gasteiger partial charge in [0, 0.05) is 17.7 Å². The minimum atomic E-state index is -3.34. The molecule has 1 aliphatic heterocycles. The van der Waals surface area contributed by atoms with Gasteiger partial charge in [-0.2, -0.15) is 5.10 Å². The van der Waals surface area contributed by atoms with Gasteiger partial charge in [0.15, 0.2) is 0 Å². The molecule has 1 atom stereocenters. The van der Waals surface area contributed by atoms with Crippen LogP contribution in [0.3, 0.4) is 0 Å². The van der Waals surface area contributed by atoms with Crippen LogP contribution in [0.25, 0.3) is 0 Å². The molecule has 1 N–H and O–H groups in total. The Hall–Kier alpha value is -3.45. The fourth-order valence-electron chi connectivity index (χ4n) is 3.69. The minimum absolute atomic E-state index is 0.152. The molecule has 0 saturated carbocycles. The molecule has 4 rings (SSSR count). The molecule has 7 heteroatoms. The van der Waals surface area contributed by atoms with Gasteiger partial charge in [0.05, 0.1) is 18.0 Å². The van der Waals surface area contributed by atoms with E-state index < -0.39 is 10.0 Å². The Bertz CT molecular complexity index is 1260. The van der Waals surface area contributed by atoms with Crippen LogP contribution in [0.5, 0.6) is 0 Å². The molecule has 1 aliphatic rings. The summed E-state index contributed by atoms with van der Waals surface area (Å²) in [6.45, 7) is 4.01. The molecule has 0 radical (unpaired) electrons. The number of hydrazone groups is 1. The summed E-state index contributed by atoms with van der Waals surface area (Å²) in [6, 6.07) is 22.4. The smallest absolute Gasteiger partial charge is 0.274 e. The van der Waals surface area contributed by atoms with Gasteiger partial charge in [0.25, 0.3) is 5.91 Å². The first-order chi connectivity index (χ1) is 15.2. The normalized spacial score (nSPS) is 16.0. The van der Waals surface area contributed by atoms with Crippen LogP contribution in [0.4, 0.5) is 5.69 Å². The Morgan fingerprint density at radius 2 is 1.47 bits per heavy atom. The van der Waals surface area contributed by atoms with Crippen molar-refractivity contribution in [2.45, 2.75) is 26.3 Å². The lowest BCUT2D eigenvalue weighted by Crippen LogP contribution is -2.27. The zero-order chi connectivity index (χ0) is 22.9. The maximum Gasteiger partial charge on any atom is 0.274 e. The van der Waals surface area contributed by atoms with E-state index in [0.717, 1.165) is 34.2 Å². The van der Waals surface area contributed by atoms with Crippen molar-refractivity contribution < 1.29 is 13.2 Å². The number of anilines is 1. The van der Waals surface area contributed by atoms with E-state index in [1.54, 1.807) is 17.1 Å². The van der Waals surface area contributed by atoms with Gasteiger partial charge >= 0.3 is 0 Å². The molecule has 3 aromatic rings. The number of sulfonamides is 1. The molecular weight excluding hydrogens is 422 g/mol. The van der Waals surface area contributed by atoms with Crippen molar-refractivity contribution in [3.05, 3.63) is 101 Å². The Morgan fingerprint density at radius 3 is 2.03 bits per heavy atom. The van der Waals surface area contributed by atoms with Crippen LogP contribution in [-0.4, -0.2) is 31.3 Å². The number of hydrogen-bond acceptors (Lipinski definition) is 4. The van der Waals surface area contributed by atoms with Gasteiger partial charge < -0.3 is 0 Å². The predicted octanol–water partition coefficient (Wildman–Crippen LogP) is 4.67. The highest BCUT2D eigenvalue weighted by Gasteiger charge is 2.33. The van der Waals surface area contributed by atoms with Crippen LogP contribution >= 0.6 is 0 Å². The van der Waals surface area contributed by atoms with Gasteiger partial charge in [0.1, 0.15) is 0 Å². The zero-order valence-corrected chi connectivity index (χ0v) is 19.1. The summed E-state index contributed by atoms with van der Waals surface area (Å²) in [4.78, 5) is 13.3. The van der Waals surface area contributed by atoms with Gasteiger partial charge in [-0.1, -0.05) is 59.7 Å². The molecular formula is C25H25N3O3S. The van der Waals surface area contributed by atoms with Gasteiger partial charge in [-0.25, -0.2) is 13.4 Å². The third-order valence-electron chi connectivity index (χ3n) is 5.40. The first-order valence-corrected chi connectivity index (χ1v) is 12.2. The molecule has 0 aromatic heterocycles. The van der Waals surface area contributed by atoms with Crippen LogP contribution in [-0.2, 0) is 10.0 Å². The van der Waals surface area contributed by atoms with Crippen molar-refractivity contribution in [1.82, 2.24) is 5.01 Å². The second kappa shape index (κ2) is 8.59. The van der Waals surface area contributed by atoms with Gasteiger partial charge in [-0.15, -0.1) is 0 Å². The SMILES string of the molecule is Cc1ccc(C(=O)N2N=C(c3ccc(NS(C)(=O)=O)cc3)CC2c2ccc(C)cc2)cc1. The Labute approximate surface area is 188 Å². The molecule has 0 bridgehead atoms. The van der Waals surface area contributed by atoms with Crippen LogP contribution < -0.4 is 4.72 Å². The summed E-state index contributed by atoms with van der Waals surface area (Å²) in [5.74, 6) is -0.152. The number of carbonyl (C=O) groups is 1. The van der Waals surface area contributed by atoms with Gasteiger partial charge in [-0.3, -0.25) is 9.52 Å². The second-order valence-corrected chi connectivity index (χ2v) is 9.89. The molecule has 1 amide bonds. The third kappa shape index (κ3) is 4.89. The predicted molar refractivity (Wildman–Crippen MR) is 127 cm³/mol. The van der Waals surface area contributed by atoms with E-state index in [4.69, 9.17) is 5.10 Å². The van der Waals surface area contributed by atoms with E-state index in [1.807, 2.05) is 74.5 Å². The van der Waals surface area contributed by atoms with Crippen molar-refractivity contribution in [3.63, 3.8) is 0 Å². The van der Waals surface area contributed by atoms with E-state index >= 15 is 0 Å². The van der Waals surface area contributed by atoms with E-state index in [-0.39, 0.29) is 11.9 Å². The molecule has 3 aromatic carbocycles. The lowest BCUT2D eigenvalue weighted by atomic mass is 9.97. The summed E-state index contributed by atoms with van der Waals surface area (Å²) < 4.78 is 25.4. The summed E-state index contributed by atoms with van der Waals surface area (Å²) in [5, 5.41) is 6.27. The van der Waals surface area contributed by atoms with Crippen molar-refractivity contribution >= 4 is 27.3 Å². The maximum absolute atomic E-state index is 13.3. The van der Waals surface area contributed by atoms with Gasteiger partial charge in [0.2, 0.25) is 10.0 Å². The number of carbonyl (C=O) groups excluding carboxylic acids is 1. The molecule has 1 unspecified atom stereocenters. The summed E-state index contributed by atoms with van der Waals surface area (Å²) in [6.07, 6.45) is 1.68. The lowest BCUT2D eigenvalue weighted by molar-refractivity contribution is 0.0711. The number of amides is 1. The maximum atomic E-state index is 13.3. The summed E-state index contributed by atoms with van der Waals surface area (Å²) in [5.41, 5.74) is 5.96. The fourth-order valence-corrected chi connectivity index (χ4v) is 4.26. The van der Waals surface area contributed by atoms with Crippen LogP contribution in [0.1, 0.15) is 45.1 Å². The van der Waals surface area contributed by atoms with E-state index in [2.05, 4.69) is 4.72 Å². The average Bonchev–Trinajstić information content (AvgIpc) is 3.19. The molecule has 0 spiro atoms. The zero-order valence-electron chi connectivity index (χ0n) is 18.2. The van der Waals surface area contributed by atoms with Crippen LogP contribution in [0, 0.1) is 13.8 Å². The number of hydrogen-bond donors (Lipinski definition) is 1. The van der Waals surface area contributed by atoms with Crippen LogP contribution in [0.15, 0.2) is 77.9 Å². The summed E-state index contributed by atoms with van der Waals surface area (Å²) >= 11 is 0. The minimum Gasteiger partial charge on any atom is -0.284 e. The Balaban J connectivity index is 1.67. The Morgan fingerprint density at radius 1 is 0.906 bits per heavy atom. The van der Waals surface area contributed by atoms with Crippen molar-refractivity contribution in [1.29, 1.82) is 0 Å². The largest absolute Gasteiger partial charge is 0.284 e. The number of nitrogens with zero attached hydrogens (tertiary/aromatic N) is 2. The highest BCUT2D eigenvalue weighted by atomic mass is 32.2. The average molecular weight is 448 g/mol. The standard InChI is InChI=1S/C25H25N3O3S/c1-17-4-8-20(9-5-17)24-16-23(19-12-14-22(15-13-19)27-32(3,30)31)26-28(24)25(29)21-10-6-18(2)7-11-21/h4-15,24,27H,16H2,1-3H3. The van der Waals surface area contributed by atoms with Crippen LogP contribution in [0.2, 0.25) is 0 Å². The lowest BCUT2D eigenvalue weighted by Gasteiger charge is -2.22. The van der Waals surface area contributed by atoms with Crippen molar-refractivity contribution in [2.75, 3.05) is 11.0 Å². The topological polar surface area (TPSA) is 78.8 Å². The fraction of sp³-hybridized carbons (Fsp3) is 0.200. The van der Waals surface area contributed by atoms with Crippen molar-refractivity contribution in [2.24, 2.45) is 5.10 Å². The first kappa shape index (κ1) is 21.8. The Kier molecular flexibility index (Phi) is 5.84. The molecule has 6 nitrogen and oxygen atoms in total. The van der Waals surface area contributed by atoms with E-state index in [1.165, 1.54) is 0 Å². The molecule has 32 heavy (non-hydrogen) atoms. The number of nitrogens with one attached hydrogen (secondary N) is 1. The highest BCUT2D eigenvalue weighted by molar-refractivity contribution is 7.92. The van der Waals surface area contributed by atoms with E-state index in [0.29, 0.717) is 17.7 Å². The van der Waals surface area contributed by atoms with E-state index in [9.17, 15) is 13.2 Å². The second-order valence-electron chi connectivity index (χ2n) is 8.14. The summed E-state index contributed by atoms with van der Waals surface area (Å²) in [7, 11) is -3.34. The van der Waals surface area contributed by atoms with Crippen molar-refractivity contribution in [3.8, 4) is 0 Å². The number of benzene rings is 3. The third-order valence-corrected chi connectivity index (χ3v) is 6.01. The molecule has 0 fully saturated rings. The molecule has 0 aliphatic carbocycles. The molecule has 1 heterocycles. The number of aryl methyl sites for hydroxylation is 2. The first-order valence-electron chi connectivity index (χ1n) is 10.3. The molecule has 164 valence electrons. The monoisotopic (exact) mass is 447 g/mol. The molecule has 0 saturated heterocycles. The highest BCUT2D eigenvalue weighted by Crippen LogP contribution is 2.34. The number of rotatable bonds is 5.